The van der Waals surface area contributed by atoms with Crippen molar-refractivity contribution in [2.45, 2.75) is 12.2 Å². The van der Waals surface area contributed by atoms with E-state index in [1.165, 1.54) is 0 Å². The molecule has 92 valence electrons. The third kappa shape index (κ3) is 2.94. The number of phosphoric acid groups is 1. The predicted octanol–water partition coefficient (Wildman–Crippen LogP) is -3.75. The van der Waals surface area contributed by atoms with Crippen LogP contribution >= 0.6 is 7.82 Å². The quantitative estimate of drug-likeness (QED) is 0.378. The van der Waals surface area contributed by atoms with Gasteiger partial charge in [0.25, 0.3) is 0 Å². The molecule has 16 heavy (non-hydrogen) atoms. The molecule has 0 aromatic carbocycles. The number of ether oxygens (including phenoxy) is 1. The van der Waals surface area contributed by atoms with E-state index >= 15 is 0 Å². The first-order chi connectivity index (χ1) is 7.22. The fraction of sp³-hybridized carbons (Fsp3) is 0.500. The standard InChI is InChI=1S/C6H9O9P/c7-2(1-14-16(11,12)13)5-3(8)4(9)6(10)15-5/h2,5,7-9H,1H2,(H2,11,12,13)/p-3/t2-,5?/m0/s1. The molecule has 0 spiro atoms. The summed E-state index contributed by atoms with van der Waals surface area (Å²) in [5.41, 5.74) is 0. The molecule has 0 saturated carbocycles. The van der Waals surface area contributed by atoms with Gasteiger partial charge in [0, 0.05) is 5.76 Å². The maximum Gasteiger partial charge on any atom is 0.327 e. The van der Waals surface area contributed by atoms with Crippen molar-refractivity contribution in [1.82, 2.24) is 0 Å². The summed E-state index contributed by atoms with van der Waals surface area (Å²) < 4.78 is 18.0. The van der Waals surface area contributed by atoms with Crippen LogP contribution in [0, 0.1) is 0 Å². The Labute approximate surface area is 88.8 Å². The third-order valence-electron chi connectivity index (χ3n) is 1.67. The molecule has 2 atom stereocenters. The number of hydrogen-bond acceptors (Lipinski definition) is 9. The highest BCUT2D eigenvalue weighted by Crippen LogP contribution is 2.27. The maximum atomic E-state index is 10.7. The van der Waals surface area contributed by atoms with Crippen molar-refractivity contribution in [2.24, 2.45) is 0 Å². The molecule has 0 aliphatic carbocycles. The van der Waals surface area contributed by atoms with E-state index in [0.29, 0.717) is 0 Å². The van der Waals surface area contributed by atoms with Crippen LogP contribution in [0.25, 0.3) is 0 Å². The van der Waals surface area contributed by atoms with Crippen LogP contribution in [0.5, 0.6) is 0 Å². The molecule has 0 fully saturated rings. The number of aliphatic hydroxyl groups excluding tert-OH is 2. The first-order valence-corrected chi connectivity index (χ1v) is 5.34. The average molecular weight is 253 g/mol. The minimum Gasteiger partial charge on any atom is -0.865 e. The highest BCUT2D eigenvalue weighted by atomic mass is 31.2. The molecule has 10 heteroatoms. The second-order valence-corrected chi connectivity index (χ2v) is 4.00. The summed E-state index contributed by atoms with van der Waals surface area (Å²) in [4.78, 5) is 30.7. The molecule has 0 radical (unpaired) electrons. The zero-order valence-corrected chi connectivity index (χ0v) is 8.46. The predicted molar refractivity (Wildman–Crippen MR) is 39.1 cm³/mol. The molecule has 0 aromatic heterocycles. The normalized spacial score (nSPS) is 23.4. The zero-order valence-electron chi connectivity index (χ0n) is 7.56. The summed E-state index contributed by atoms with van der Waals surface area (Å²) in [7, 11) is -5.29. The smallest absolute Gasteiger partial charge is 0.327 e. The van der Waals surface area contributed by atoms with Gasteiger partial charge in [-0.15, -0.1) is 0 Å². The number of carbonyl (C=O) groups is 1. The Morgan fingerprint density at radius 1 is 1.56 bits per heavy atom. The summed E-state index contributed by atoms with van der Waals surface area (Å²) in [5, 5.41) is 28.9. The van der Waals surface area contributed by atoms with E-state index in [-0.39, 0.29) is 0 Å². The van der Waals surface area contributed by atoms with E-state index in [9.17, 15) is 29.4 Å². The van der Waals surface area contributed by atoms with Crippen LogP contribution in [-0.4, -0.2) is 35.0 Å². The van der Waals surface area contributed by atoms with E-state index in [0.717, 1.165) is 0 Å². The summed E-state index contributed by atoms with van der Waals surface area (Å²) in [6, 6.07) is 0. The van der Waals surface area contributed by atoms with Crippen molar-refractivity contribution < 1.29 is 43.7 Å². The van der Waals surface area contributed by atoms with Gasteiger partial charge >= 0.3 is 5.97 Å². The topological polar surface area (TPSA) is 162 Å². The van der Waals surface area contributed by atoms with Crippen LogP contribution in [0.3, 0.4) is 0 Å². The second kappa shape index (κ2) is 4.40. The van der Waals surface area contributed by atoms with Crippen LogP contribution in [-0.2, 0) is 18.6 Å². The molecular formula is C6H6O9P-3. The fourth-order valence-corrected chi connectivity index (χ4v) is 1.31. The summed E-state index contributed by atoms with van der Waals surface area (Å²) >= 11 is 0. The van der Waals surface area contributed by atoms with Crippen LogP contribution in [0.4, 0.5) is 0 Å². The van der Waals surface area contributed by atoms with E-state index < -0.39 is 44.1 Å². The second-order valence-electron chi connectivity index (χ2n) is 2.85. The molecule has 1 rings (SSSR count). The van der Waals surface area contributed by atoms with Gasteiger partial charge < -0.3 is 38.9 Å². The monoisotopic (exact) mass is 253 g/mol. The van der Waals surface area contributed by atoms with E-state index in [4.69, 9.17) is 5.11 Å². The van der Waals surface area contributed by atoms with E-state index in [2.05, 4.69) is 9.26 Å². The van der Waals surface area contributed by atoms with Crippen molar-refractivity contribution in [1.29, 1.82) is 0 Å². The fourth-order valence-electron chi connectivity index (χ4n) is 0.974. The molecular weight excluding hydrogens is 247 g/mol. The Morgan fingerprint density at radius 2 is 2.12 bits per heavy atom. The van der Waals surface area contributed by atoms with Gasteiger partial charge in [-0.1, -0.05) is 0 Å². The van der Waals surface area contributed by atoms with Gasteiger partial charge in [-0.05, 0) is 0 Å². The summed E-state index contributed by atoms with van der Waals surface area (Å²) in [5.74, 6) is -3.78. The van der Waals surface area contributed by atoms with Crippen LogP contribution in [0.2, 0.25) is 0 Å². The minimum atomic E-state index is -5.29. The van der Waals surface area contributed by atoms with E-state index in [1.807, 2.05) is 0 Å². The summed E-state index contributed by atoms with van der Waals surface area (Å²) in [6.07, 6.45) is -3.54. The largest absolute Gasteiger partial charge is 0.865 e. The molecule has 9 nitrogen and oxygen atoms in total. The van der Waals surface area contributed by atoms with Crippen molar-refractivity contribution in [3.05, 3.63) is 11.5 Å². The number of esters is 1. The highest BCUT2D eigenvalue weighted by molar-refractivity contribution is 7.43. The van der Waals surface area contributed by atoms with Gasteiger partial charge in [0.1, 0.15) is 11.9 Å². The Kier molecular flexibility index (Phi) is 3.56. The molecule has 0 saturated heterocycles. The van der Waals surface area contributed by atoms with Crippen molar-refractivity contribution in [3.8, 4) is 0 Å². The first kappa shape index (κ1) is 12.9. The number of hydrogen-bond donors (Lipinski definition) is 2. The molecule has 0 amide bonds. The minimum absolute atomic E-state index is 1.03. The van der Waals surface area contributed by atoms with Gasteiger partial charge in [-0.2, -0.15) is 0 Å². The van der Waals surface area contributed by atoms with E-state index in [1.54, 1.807) is 0 Å². The Balaban J connectivity index is 2.61. The number of phosphoric ester groups is 1. The van der Waals surface area contributed by atoms with Gasteiger partial charge in [-0.3, -0.25) is 0 Å². The molecule has 1 heterocycles. The van der Waals surface area contributed by atoms with Gasteiger partial charge in [0.05, 0.1) is 14.4 Å². The lowest BCUT2D eigenvalue weighted by molar-refractivity contribution is -0.343. The van der Waals surface area contributed by atoms with Crippen molar-refractivity contribution in [3.63, 3.8) is 0 Å². The highest BCUT2D eigenvalue weighted by Gasteiger charge is 2.34. The van der Waals surface area contributed by atoms with Crippen molar-refractivity contribution >= 4 is 13.8 Å². The molecule has 1 unspecified atom stereocenters. The Bertz CT molecular complexity index is 368. The van der Waals surface area contributed by atoms with Gasteiger partial charge in [0.2, 0.25) is 0 Å². The number of cyclic esters (lactones) is 1. The SMILES string of the molecule is O=C1OC([C@@H](O)COP(=O)([O-])[O-])C(O)=C1[O-]. The number of carbonyl (C=O) groups excluding carboxylic acids is 1. The Morgan fingerprint density at radius 3 is 2.50 bits per heavy atom. The lowest BCUT2D eigenvalue weighted by atomic mass is 10.2. The average Bonchev–Trinajstić information content (AvgIpc) is 2.41. The van der Waals surface area contributed by atoms with Gasteiger partial charge in [0.15, 0.2) is 6.10 Å². The molecule has 2 N–H and O–H groups in total. The third-order valence-corrected chi connectivity index (χ3v) is 2.14. The van der Waals surface area contributed by atoms with Crippen molar-refractivity contribution in [2.75, 3.05) is 6.61 Å². The maximum absolute atomic E-state index is 10.7. The van der Waals surface area contributed by atoms with Crippen LogP contribution in [0.1, 0.15) is 0 Å². The summed E-state index contributed by atoms with van der Waals surface area (Å²) in [6.45, 7) is -1.03. The lowest BCUT2D eigenvalue weighted by Gasteiger charge is -2.30. The number of rotatable bonds is 4. The Hall–Kier alpha value is -1.12. The molecule has 1 aliphatic rings. The van der Waals surface area contributed by atoms with Crippen LogP contribution in [0.15, 0.2) is 11.5 Å². The molecule has 0 bridgehead atoms. The van der Waals surface area contributed by atoms with Gasteiger partial charge in [-0.25, -0.2) is 4.79 Å². The molecule has 1 aliphatic heterocycles. The lowest BCUT2D eigenvalue weighted by Crippen LogP contribution is -2.34. The molecule has 0 aromatic rings. The first-order valence-electron chi connectivity index (χ1n) is 3.88. The number of aliphatic hydroxyl groups is 2. The van der Waals surface area contributed by atoms with Crippen LogP contribution < -0.4 is 14.9 Å². The zero-order chi connectivity index (χ0) is 12.5.